The molecular formula is C18H17F3N2O3. The molecule has 2 aromatic carbocycles. The quantitative estimate of drug-likeness (QED) is 0.850. The monoisotopic (exact) mass is 366 g/mol. The lowest BCUT2D eigenvalue weighted by atomic mass is 10.1. The highest BCUT2D eigenvalue weighted by atomic mass is 19.4. The molecule has 0 bridgehead atoms. The minimum atomic E-state index is -4.82. The Kier molecular flexibility index (Phi) is 5.86. The van der Waals surface area contributed by atoms with Crippen LogP contribution in [0.5, 0.6) is 5.75 Å². The molecule has 0 aromatic heterocycles. The van der Waals surface area contributed by atoms with Crippen LogP contribution in [0.1, 0.15) is 21.5 Å². The average molecular weight is 366 g/mol. The van der Waals surface area contributed by atoms with Crippen molar-refractivity contribution in [2.45, 2.75) is 20.2 Å². The summed E-state index contributed by atoms with van der Waals surface area (Å²) < 4.78 is 40.4. The van der Waals surface area contributed by atoms with Crippen molar-refractivity contribution in [2.24, 2.45) is 0 Å². The summed E-state index contributed by atoms with van der Waals surface area (Å²) in [5.41, 5.74) is 2.53. The predicted octanol–water partition coefficient (Wildman–Crippen LogP) is 3.57. The van der Waals surface area contributed by atoms with Gasteiger partial charge >= 0.3 is 6.36 Å². The van der Waals surface area contributed by atoms with Gasteiger partial charge in [-0.3, -0.25) is 9.59 Å². The van der Waals surface area contributed by atoms with Gasteiger partial charge in [-0.2, -0.15) is 0 Å². The summed E-state index contributed by atoms with van der Waals surface area (Å²) in [5.74, 6) is -1.45. The lowest BCUT2D eigenvalue weighted by Crippen LogP contribution is -2.32. The fourth-order valence-corrected chi connectivity index (χ4v) is 2.12. The number of rotatable bonds is 5. The number of amides is 2. The molecule has 0 aliphatic heterocycles. The molecule has 2 N–H and O–H groups in total. The fraction of sp³-hybridized carbons (Fsp3) is 0.222. The van der Waals surface area contributed by atoms with E-state index in [2.05, 4.69) is 15.4 Å². The Morgan fingerprint density at radius 1 is 1.04 bits per heavy atom. The molecule has 0 heterocycles. The van der Waals surface area contributed by atoms with Crippen LogP contribution in [0.15, 0.2) is 42.5 Å². The van der Waals surface area contributed by atoms with E-state index in [9.17, 15) is 22.8 Å². The molecule has 8 heteroatoms. The van der Waals surface area contributed by atoms with Gasteiger partial charge in [-0.15, -0.1) is 13.2 Å². The molecule has 0 aliphatic rings. The number of carbonyl (C=O) groups excluding carboxylic acids is 2. The minimum Gasteiger partial charge on any atom is -0.406 e. The number of alkyl halides is 3. The van der Waals surface area contributed by atoms with Crippen molar-refractivity contribution in [1.82, 2.24) is 5.32 Å². The zero-order chi connectivity index (χ0) is 19.3. The van der Waals surface area contributed by atoms with Gasteiger partial charge in [-0.05, 0) is 49.2 Å². The van der Waals surface area contributed by atoms with Crippen LogP contribution in [0, 0.1) is 13.8 Å². The van der Waals surface area contributed by atoms with Crippen molar-refractivity contribution >= 4 is 17.5 Å². The van der Waals surface area contributed by atoms with Crippen LogP contribution in [0.25, 0.3) is 0 Å². The van der Waals surface area contributed by atoms with Crippen molar-refractivity contribution in [3.8, 4) is 5.75 Å². The number of ether oxygens (including phenoxy) is 1. The van der Waals surface area contributed by atoms with E-state index in [4.69, 9.17) is 0 Å². The molecular weight excluding hydrogens is 349 g/mol. The van der Waals surface area contributed by atoms with E-state index in [-0.39, 0.29) is 12.2 Å². The molecule has 2 amide bonds. The smallest absolute Gasteiger partial charge is 0.406 e. The summed E-state index contributed by atoms with van der Waals surface area (Å²) in [5, 5.41) is 4.85. The van der Waals surface area contributed by atoms with Gasteiger partial charge in [0.05, 0.1) is 6.54 Å². The van der Waals surface area contributed by atoms with Gasteiger partial charge < -0.3 is 15.4 Å². The molecule has 2 aromatic rings. The van der Waals surface area contributed by atoms with Crippen molar-refractivity contribution in [3.05, 3.63) is 59.2 Å². The SMILES string of the molecule is Cc1ccc(C(=O)NCC(=O)Nc2cccc(OC(F)(F)F)c2)cc1C. The number of hydrogen-bond donors (Lipinski definition) is 2. The van der Waals surface area contributed by atoms with Gasteiger partial charge in [0.2, 0.25) is 5.91 Å². The second-order valence-corrected chi connectivity index (χ2v) is 5.61. The van der Waals surface area contributed by atoms with E-state index in [1.54, 1.807) is 18.2 Å². The van der Waals surface area contributed by atoms with Gasteiger partial charge in [0, 0.05) is 17.3 Å². The maximum Gasteiger partial charge on any atom is 0.573 e. The van der Waals surface area contributed by atoms with Crippen molar-refractivity contribution in [2.75, 3.05) is 11.9 Å². The molecule has 0 aliphatic carbocycles. The highest BCUT2D eigenvalue weighted by Gasteiger charge is 2.31. The van der Waals surface area contributed by atoms with E-state index < -0.39 is 23.9 Å². The number of aryl methyl sites for hydroxylation is 2. The largest absolute Gasteiger partial charge is 0.573 e. The maximum absolute atomic E-state index is 12.2. The predicted molar refractivity (Wildman–Crippen MR) is 90.0 cm³/mol. The van der Waals surface area contributed by atoms with Gasteiger partial charge in [0.25, 0.3) is 5.91 Å². The summed E-state index contributed by atoms with van der Waals surface area (Å²) >= 11 is 0. The molecule has 0 spiro atoms. The van der Waals surface area contributed by atoms with Crippen LogP contribution >= 0.6 is 0 Å². The molecule has 138 valence electrons. The first-order valence-corrected chi connectivity index (χ1v) is 7.65. The second-order valence-electron chi connectivity index (χ2n) is 5.61. The van der Waals surface area contributed by atoms with Crippen molar-refractivity contribution < 1.29 is 27.5 Å². The third-order valence-corrected chi connectivity index (χ3v) is 3.53. The van der Waals surface area contributed by atoms with Crippen molar-refractivity contribution in [1.29, 1.82) is 0 Å². The third-order valence-electron chi connectivity index (χ3n) is 3.53. The van der Waals surface area contributed by atoms with Crippen LogP contribution in [-0.4, -0.2) is 24.7 Å². The first-order valence-electron chi connectivity index (χ1n) is 7.65. The van der Waals surface area contributed by atoms with E-state index in [1.165, 1.54) is 12.1 Å². The Morgan fingerprint density at radius 2 is 1.77 bits per heavy atom. The number of nitrogens with one attached hydrogen (secondary N) is 2. The first-order chi connectivity index (χ1) is 12.1. The normalized spacial score (nSPS) is 11.0. The maximum atomic E-state index is 12.2. The summed E-state index contributed by atoms with van der Waals surface area (Å²) in [6, 6.07) is 10.0. The molecule has 0 atom stereocenters. The topological polar surface area (TPSA) is 67.4 Å². The van der Waals surface area contributed by atoms with E-state index >= 15 is 0 Å². The first kappa shape index (κ1) is 19.3. The molecule has 0 saturated carbocycles. The third kappa shape index (κ3) is 5.80. The Balaban J connectivity index is 1.91. The number of anilines is 1. The van der Waals surface area contributed by atoms with Crippen LogP contribution in [-0.2, 0) is 4.79 Å². The lowest BCUT2D eigenvalue weighted by Gasteiger charge is -2.11. The van der Waals surface area contributed by atoms with Gasteiger partial charge in [-0.1, -0.05) is 12.1 Å². The van der Waals surface area contributed by atoms with E-state index in [0.29, 0.717) is 5.56 Å². The Labute approximate surface area is 148 Å². The summed E-state index contributed by atoms with van der Waals surface area (Å²) in [4.78, 5) is 23.9. The van der Waals surface area contributed by atoms with E-state index in [0.717, 1.165) is 23.3 Å². The van der Waals surface area contributed by atoms with Crippen LogP contribution in [0.4, 0.5) is 18.9 Å². The number of benzene rings is 2. The zero-order valence-electron chi connectivity index (χ0n) is 14.1. The molecule has 0 saturated heterocycles. The molecule has 0 radical (unpaired) electrons. The highest BCUT2D eigenvalue weighted by Crippen LogP contribution is 2.24. The number of carbonyl (C=O) groups is 2. The van der Waals surface area contributed by atoms with Crippen molar-refractivity contribution in [3.63, 3.8) is 0 Å². The summed E-state index contributed by atoms with van der Waals surface area (Å²) in [6.07, 6.45) is -4.82. The zero-order valence-corrected chi connectivity index (χ0v) is 14.1. The van der Waals surface area contributed by atoms with Gasteiger partial charge in [0.1, 0.15) is 5.75 Å². The van der Waals surface area contributed by atoms with Crippen LogP contribution < -0.4 is 15.4 Å². The number of halogens is 3. The Bertz CT molecular complexity index is 820. The second kappa shape index (κ2) is 7.90. The van der Waals surface area contributed by atoms with Gasteiger partial charge in [0.15, 0.2) is 0 Å². The fourth-order valence-electron chi connectivity index (χ4n) is 2.12. The van der Waals surface area contributed by atoms with E-state index in [1.807, 2.05) is 13.8 Å². The summed E-state index contributed by atoms with van der Waals surface area (Å²) in [6.45, 7) is 3.46. The van der Waals surface area contributed by atoms with Gasteiger partial charge in [-0.25, -0.2) is 0 Å². The molecule has 0 unspecified atom stereocenters. The van der Waals surface area contributed by atoms with Crippen LogP contribution in [0.3, 0.4) is 0 Å². The lowest BCUT2D eigenvalue weighted by molar-refractivity contribution is -0.274. The number of hydrogen-bond acceptors (Lipinski definition) is 3. The summed E-state index contributed by atoms with van der Waals surface area (Å²) in [7, 11) is 0. The standard InChI is InChI=1S/C18H17F3N2O3/c1-11-6-7-13(8-12(11)2)17(25)22-10-16(24)23-14-4-3-5-15(9-14)26-18(19,20)21/h3-9H,10H2,1-2H3,(H,22,25)(H,23,24). The molecule has 26 heavy (non-hydrogen) atoms. The molecule has 5 nitrogen and oxygen atoms in total. The Morgan fingerprint density at radius 3 is 2.42 bits per heavy atom. The molecule has 2 rings (SSSR count). The molecule has 0 fully saturated rings. The minimum absolute atomic E-state index is 0.122. The van der Waals surface area contributed by atoms with Crippen LogP contribution in [0.2, 0.25) is 0 Å². The Hall–Kier alpha value is -3.03. The average Bonchev–Trinajstić information content (AvgIpc) is 2.54. The highest BCUT2D eigenvalue weighted by molar-refractivity contribution is 5.99.